The fourth-order valence-corrected chi connectivity index (χ4v) is 1.19. The molecule has 92 valence electrons. The highest BCUT2D eigenvalue weighted by Crippen LogP contribution is 2.23. The smallest absolute Gasteiger partial charge is 0.328 e. The lowest BCUT2D eigenvalue weighted by Crippen LogP contribution is -1.96. The Morgan fingerprint density at radius 3 is 1.62 bits per heavy atom. The highest BCUT2D eigenvalue weighted by molar-refractivity contribution is 7.85. The van der Waals surface area contributed by atoms with Gasteiger partial charge in [0, 0.05) is 0 Å². The van der Waals surface area contributed by atoms with E-state index in [-0.39, 0.29) is 4.90 Å². The second-order valence-corrected chi connectivity index (χ2v) is 8.16. The van der Waals surface area contributed by atoms with Gasteiger partial charge < -0.3 is 45.8 Å². The van der Waals surface area contributed by atoms with Gasteiger partial charge in [0.2, 0.25) is 0 Å². The second kappa shape index (κ2) is 6.33. The van der Waals surface area contributed by atoms with Crippen molar-refractivity contribution in [1.82, 2.24) is 0 Å². The molecular formula is C7H8BCl4O3S-. The summed E-state index contributed by atoms with van der Waals surface area (Å²) in [6, 6.07) is 5.99. The van der Waals surface area contributed by atoms with E-state index in [0.29, 0.717) is 0 Å². The molecule has 0 spiro atoms. The molecule has 1 aromatic rings. The van der Waals surface area contributed by atoms with Crippen LogP contribution < -0.4 is 0 Å². The monoisotopic (exact) mass is 323 g/mol. The van der Waals surface area contributed by atoms with Crippen molar-refractivity contribution < 1.29 is 13.0 Å². The van der Waals surface area contributed by atoms with Crippen molar-refractivity contribution in [2.24, 2.45) is 0 Å². The number of aryl methyl sites for hydroxylation is 1. The van der Waals surface area contributed by atoms with E-state index in [4.69, 9.17) is 50.4 Å². The minimum absolute atomic E-state index is 0.0666. The summed E-state index contributed by atoms with van der Waals surface area (Å²) in [6.07, 6.45) is 0. The van der Waals surface area contributed by atoms with Gasteiger partial charge in [0.05, 0.1) is 4.90 Å². The Hall–Kier alpha value is 0.355. The van der Waals surface area contributed by atoms with Crippen LogP contribution in [-0.4, -0.2) is 16.8 Å². The number of benzene rings is 1. The van der Waals surface area contributed by atoms with Crippen molar-refractivity contribution in [3.63, 3.8) is 0 Å². The first-order chi connectivity index (χ1) is 7.00. The molecule has 16 heavy (non-hydrogen) atoms. The molecule has 3 nitrogen and oxygen atoms in total. The number of hydrogen-bond acceptors (Lipinski definition) is 2. The molecule has 0 radical (unpaired) electrons. The standard InChI is InChI=1S/C7H8O3S.BCl4/c1-6-2-4-7(5-3-6)11(8,9)10;2-1(3,4)5/h2-5H,1H3,(H,8,9,10);/q;-1. The topological polar surface area (TPSA) is 54.4 Å². The van der Waals surface area contributed by atoms with Crippen LogP contribution in [0.25, 0.3) is 0 Å². The summed E-state index contributed by atoms with van der Waals surface area (Å²) in [5.74, 6) is 0. The molecule has 0 fully saturated rings. The first-order valence-electron chi connectivity index (χ1n) is 3.91. The van der Waals surface area contributed by atoms with Crippen LogP contribution in [0.5, 0.6) is 0 Å². The fraction of sp³-hybridized carbons (Fsp3) is 0.143. The lowest BCUT2D eigenvalue weighted by Gasteiger charge is -2.03. The number of hydrogen-bond donors (Lipinski definition) is 1. The van der Waals surface area contributed by atoms with E-state index in [0.717, 1.165) is 5.56 Å². The molecule has 0 aliphatic carbocycles. The van der Waals surface area contributed by atoms with Crippen molar-refractivity contribution in [2.45, 2.75) is 11.8 Å². The molecule has 0 aromatic heterocycles. The molecule has 0 unspecified atom stereocenters. The molecule has 1 aromatic carbocycles. The summed E-state index contributed by atoms with van der Waals surface area (Å²) < 4.78 is 27.4. The summed E-state index contributed by atoms with van der Waals surface area (Å²) in [4.78, 5) is -0.0666. The number of halogens is 4. The van der Waals surface area contributed by atoms with Gasteiger partial charge in [-0.3, -0.25) is 4.55 Å². The first-order valence-corrected chi connectivity index (χ1v) is 7.10. The zero-order chi connectivity index (χ0) is 13.0. The van der Waals surface area contributed by atoms with Gasteiger partial charge in [0.1, 0.15) is 0 Å². The van der Waals surface area contributed by atoms with Crippen LogP contribution >= 0.6 is 45.8 Å². The molecule has 0 saturated heterocycles. The molecule has 9 heteroatoms. The largest absolute Gasteiger partial charge is 0.332 e. The predicted octanol–water partition coefficient (Wildman–Crippen LogP) is 3.62. The average Bonchev–Trinajstić information content (AvgIpc) is 1.99. The predicted molar refractivity (Wildman–Crippen MR) is 70.2 cm³/mol. The van der Waals surface area contributed by atoms with Crippen molar-refractivity contribution in [3.8, 4) is 0 Å². The Bertz CT molecular complexity index is 420. The second-order valence-electron chi connectivity index (χ2n) is 2.78. The normalized spacial score (nSPS) is 11.6. The van der Waals surface area contributed by atoms with E-state index in [1.54, 1.807) is 12.1 Å². The summed E-state index contributed by atoms with van der Waals surface area (Å²) >= 11 is 19.6. The minimum Gasteiger partial charge on any atom is -0.332 e. The summed E-state index contributed by atoms with van der Waals surface area (Å²) in [6.45, 7) is 1.84. The Kier molecular flexibility index (Phi) is 6.47. The van der Waals surface area contributed by atoms with E-state index >= 15 is 0 Å². The molecular weight excluding hydrogens is 317 g/mol. The first kappa shape index (κ1) is 16.4. The van der Waals surface area contributed by atoms with Crippen LogP contribution in [0.3, 0.4) is 0 Å². The molecule has 1 N–H and O–H groups in total. The van der Waals surface area contributed by atoms with Gasteiger partial charge in [0.15, 0.2) is 0 Å². The van der Waals surface area contributed by atoms with Gasteiger partial charge in [-0.1, -0.05) is 17.7 Å². The van der Waals surface area contributed by atoms with Crippen molar-refractivity contribution in [3.05, 3.63) is 29.8 Å². The molecule has 0 atom stereocenters. The van der Waals surface area contributed by atoms with Crippen LogP contribution in [0.15, 0.2) is 29.2 Å². The molecule has 0 amide bonds. The van der Waals surface area contributed by atoms with E-state index in [1.807, 2.05) is 6.92 Å². The molecule has 1 rings (SSSR count). The van der Waals surface area contributed by atoms with Gasteiger partial charge in [-0.2, -0.15) is 8.42 Å². The zero-order valence-corrected chi connectivity index (χ0v) is 11.9. The maximum atomic E-state index is 10.5. The van der Waals surface area contributed by atoms with Gasteiger partial charge in [0.25, 0.3) is 10.1 Å². The number of rotatable bonds is 1. The van der Waals surface area contributed by atoms with Crippen molar-refractivity contribution >= 4 is 59.8 Å². The van der Waals surface area contributed by atoms with Crippen LogP contribution in [0.1, 0.15) is 5.56 Å². The third-order valence-corrected chi connectivity index (χ3v) is 2.19. The quantitative estimate of drug-likeness (QED) is 0.634. The van der Waals surface area contributed by atoms with Crippen molar-refractivity contribution in [1.29, 1.82) is 0 Å². The third-order valence-electron chi connectivity index (χ3n) is 1.32. The Labute approximate surface area is 114 Å². The minimum atomic E-state index is -4.02. The van der Waals surface area contributed by atoms with E-state index < -0.39 is 13.9 Å². The van der Waals surface area contributed by atoms with Gasteiger partial charge >= 0.3 is 3.81 Å². The van der Waals surface area contributed by atoms with E-state index in [9.17, 15) is 8.42 Å². The molecule has 0 aliphatic heterocycles. The van der Waals surface area contributed by atoms with E-state index in [2.05, 4.69) is 0 Å². The van der Waals surface area contributed by atoms with Crippen LogP contribution in [0, 0.1) is 6.92 Å². The Morgan fingerprint density at radius 2 is 1.38 bits per heavy atom. The Morgan fingerprint density at radius 1 is 1.06 bits per heavy atom. The van der Waals surface area contributed by atoms with Gasteiger partial charge in [-0.05, 0) is 19.1 Å². The van der Waals surface area contributed by atoms with E-state index in [1.165, 1.54) is 12.1 Å². The van der Waals surface area contributed by atoms with Crippen molar-refractivity contribution in [2.75, 3.05) is 0 Å². The molecule has 0 aliphatic rings. The zero-order valence-electron chi connectivity index (χ0n) is 8.07. The summed E-state index contributed by atoms with van der Waals surface area (Å²) in [5.41, 5.74) is 0.956. The highest BCUT2D eigenvalue weighted by Gasteiger charge is 2.06. The summed E-state index contributed by atoms with van der Waals surface area (Å²) in [7, 11) is -4.02. The molecule has 0 heterocycles. The summed E-state index contributed by atoms with van der Waals surface area (Å²) in [5, 5.41) is 0. The van der Waals surface area contributed by atoms with Gasteiger partial charge in [-0.15, -0.1) is 0 Å². The lowest BCUT2D eigenvalue weighted by molar-refractivity contribution is 0.483. The van der Waals surface area contributed by atoms with Crippen LogP contribution in [0.4, 0.5) is 0 Å². The molecule has 0 saturated carbocycles. The molecule has 0 bridgehead atoms. The maximum Gasteiger partial charge on any atom is 0.328 e. The van der Waals surface area contributed by atoms with Crippen LogP contribution in [0.2, 0.25) is 0 Å². The maximum absolute atomic E-state index is 10.5. The third kappa shape index (κ3) is 9.57. The highest BCUT2D eigenvalue weighted by atomic mass is 35.6. The fourth-order valence-electron chi connectivity index (χ4n) is 0.710. The Balaban J connectivity index is 0.000000385. The lowest BCUT2D eigenvalue weighted by atomic mass is 10.2. The average molecular weight is 325 g/mol. The van der Waals surface area contributed by atoms with Gasteiger partial charge in [-0.25, -0.2) is 0 Å². The SMILES string of the molecule is Cc1ccc(S(=O)(=O)O)cc1.Cl[B-](Cl)(Cl)Cl. The van der Waals surface area contributed by atoms with Crippen LogP contribution in [-0.2, 0) is 10.1 Å².